The zero-order valence-corrected chi connectivity index (χ0v) is 10.2. The number of hydrogen-bond acceptors (Lipinski definition) is 6. The monoisotopic (exact) mass is 260 g/mol. The van der Waals surface area contributed by atoms with Crippen molar-refractivity contribution in [3.63, 3.8) is 0 Å². The highest BCUT2D eigenvalue weighted by molar-refractivity contribution is 5.72. The molecule has 104 valence electrons. The fourth-order valence-corrected chi connectivity index (χ4v) is 3.13. The van der Waals surface area contributed by atoms with Crippen molar-refractivity contribution in [2.75, 3.05) is 13.2 Å². The topological polar surface area (TPSA) is 113 Å². The molecule has 2 aliphatic rings. The number of rotatable bonds is 3. The zero-order valence-electron chi connectivity index (χ0n) is 10.2. The van der Waals surface area contributed by atoms with E-state index in [0.29, 0.717) is 6.42 Å². The summed E-state index contributed by atoms with van der Waals surface area (Å²) >= 11 is 0. The predicted octanol–water partition coefficient (Wildman–Crippen LogP) is -2.98. The average Bonchev–Trinajstić information content (AvgIpc) is 2.76. The molecule has 0 aromatic heterocycles. The second-order valence-corrected chi connectivity index (χ2v) is 5.06. The molecule has 1 amide bonds. The smallest absolute Gasteiger partial charge is 0.216 e. The van der Waals surface area contributed by atoms with Crippen LogP contribution in [0.2, 0.25) is 0 Å². The molecule has 2 saturated heterocycles. The molecule has 5 N–H and O–H groups in total. The molecule has 0 unspecified atom stereocenters. The first-order valence-corrected chi connectivity index (χ1v) is 6.14. The van der Waals surface area contributed by atoms with Gasteiger partial charge < -0.3 is 25.7 Å². The third-order valence-electron chi connectivity index (χ3n) is 3.92. The Morgan fingerprint density at radius 1 is 1.33 bits per heavy atom. The Balaban J connectivity index is 2.15. The second kappa shape index (κ2) is 5.10. The predicted molar refractivity (Wildman–Crippen MR) is 61.6 cm³/mol. The van der Waals surface area contributed by atoms with Crippen molar-refractivity contribution in [3.8, 4) is 0 Å². The van der Waals surface area contributed by atoms with Crippen LogP contribution >= 0.6 is 0 Å². The van der Waals surface area contributed by atoms with Gasteiger partial charge in [-0.1, -0.05) is 0 Å². The normalized spacial score (nSPS) is 44.1. The minimum Gasteiger partial charge on any atom is -0.395 e. The maximum absolute atomic E-state index is 10.9. The molecule has 0 aliphatic carbocycles. The highest BCUT2D eigenvalue weighted by atomic mass is 16.3. The molecule has 7 heteroatoms. The summed E-state index contributed by atoms with van der Waals surface area (Å²) in [5, 5.41) is 41.7. The lowest BCUT2D eigenvalue weighted by Crippen LogP contribution is -2.49. The van der Waals surface area contributed by atoms with E-state index < -0.39 is 30.4 Å². The maximum Gasteiger partial charge on any atom is 0.216 e. The van der Waals surface area contributed by atoms with Gasteiger partial charge >= 0.3 is 0 Å². The first kappa shape index (κ1) is 13.7. The Kier molecular flexibility index (Phi) is 3.88. The Hall–Kier alpha value is -0.730. The first-order chi connectivity index (χ1) is 8.47. The molecule has 7 nitrogen and oxygen atoms in total. The molecule has 2 heterocycles. The van der Waals surface area contributed by atoms with Gasteiger partial charge in [0.05, 0.1) is 37.0 Å². The Morgan fingerprint density at radius 2 is 2.00 bits per heavy atom. The van der Waals surface area contributed by atoms with Gasteiger partial charge in [0.15, 0.2) is 0 Å². The summed E-state index contributed by atoms with van der Waals surface area (Å²) < 4.78 is 0. The van der Waals surface area contributed by atoms with Gasteiger partial charge in [-0.15, -0.1) is 0 Å². The number of carbonyl (C=O) groups excluding carboxylic acids is 1. The van der Waals surface area contributed by atoms with Crippen LogP contribution in [0.15, 0.2) is 0 Å². The summed E-state index contributed by atoms with van der Waals surface area (Å²) in [6.45, 7) is 1.41. The van der Waals surface area contributed by atoms with E-state index in [0.717, 1.165) is 0 Å². The molecule has 0 aromatic carbocycles. The third-order valence-corrected chi connectivity index (χ3v) is 3.92. The second-order valence-electron chi connectivity index (χ2n) is 5.06. The van der Waals surface area contributed by atoms with E-state index in [1.54, 1.807) is 4.90 Å². The molecule has 0 spiro atoms. The number of fused-ring (bicyclic) bond motifs is 1. The highest BCUT2D eigenvalue weighted by Crippen LogP contribution is 2.37. The molecule has 2 fully saturated rings. The van der Waals surface area contributed by atoms with Crippen LogP contribution < -0.4 is 5.32 Å². The molecule has 0 radical (unpaired) electrons. The van der Waals surface area contributed by atoms with Crippen molar-refractivity contribution >= 4 is 5.91 Å². The van der Waals surface area contributed by atoms with E-state index >= 15 is 0 Å². The minimum absolute atomic E-state index is 0.149. The van der Waals surface area contributed by atoms with Crippen LogP contribution in [0.1, 0.15) is 13.3 Å². The Labute approximate surface area is 105 Å². The fraction of sp³-hybridized carbons (Fsp3) is 0.909. The third kappa shape index (κ3) is 2.12. The summed E-state index contributed by atoms with van der Waals surface area (Å²) in [6.07, 6.45) is -2.50. The van der Waals surface area contributed by atoms with Crippen LogP contribution in [0.4, 0.5) is 0 Å². The largest absolute Gasteiger partial charge is 0.395 e. The van der Waals surface area contributed by atoms with Crippen LogP contribution in [0.25, 0.3) is 0 Å². The summed E-state index contributed by atoms with van der Waals surface area (Å²) in [7, 11) is 0. The molecular formula is C11H20N2O5. The molecule has 2 aliphatic heterocycles. The van der Waals surface area contributed by atoms with Crippen LogP contribution in [-0.2, 0) is 4.79 Å². The standard InChI is InChI=1S/C11H20N2O5/c1-5(15)12-3-7-10(17)11(18)9-8(16)2-6(4-14)13(7)9/h6-11,14,16-18H,2-4H2,1H3,(H,12,15)/t6-,7+,8-,9+,10-,11-/m1/s1. The van der Waals surface area contributed by atoms with Crippen molar-refractivity contribution in [2.24, 2.45) is 0 Å². The molecule has 18 heavy (non-hydrogen) atoms. The van der Waals surface area contributed by atoms with E-state index in [-0.39, 0.29) is 25.1 Å². The average molecular weight is 260 g/mol. The van der Waals surface area contributed by atoms with Gasteiger partial charge in [-0.2, -0.15) is 0 Å². The Bertz CT molecular complexity index is 327. The van der Waals surface area contributed by atoms with Crippen LogP contribution in [0.5, 0.6) is 0 Å². The van der Waals surface area contributed by atoms with E-state index in [2.05, 4.69) is 5.32 Å². The van der Waals surface area contributed by atoms with E-state index in [1.165, 1.54) is 6.92 Å². The molecule has 2 rings (SSSR count). The summed E-state index contributed by atoms with van der Waals surface area (Å²) in [5.74, 6) is -0.222. The number of amides is 1. The van der Waals surface area contributed by atoms with Crippen molar-refractivity contribution < 1.29 is 25.2 Å². The van der Waals surface area contributed by atoms with Gasteiger partial charge in [-0.3, -0.25) is 9.69 Å². The fourth-order valence-electron chi connectivity index (χ4n) is 3.13. The Morgan fingerprint density at radius 3 is 2.56 bits per heavy atom. The number of aliphatic hydroxyl groups excluding tert-OH is 4. The lowest BCUT2D eigenvalue weighted by Gasteiger charge is -2.29. The van der Waals surface area contributed by atoms with Crippen LogP contribution in [-0.4, -0.2) is 80.8 Å². The van der Waals surface area contributed by atoms with Gasteiger partial charge in [-0.05, 0) is 6.42 Å². The minimum atomic E-state index is -1.06. The summed E-state index contributed by atoms with van der Waals surface area (Å²) in [6, 6.07) is -1.35. The molecular weight excluding hydrogens is 240 g/mol. The summed E-state index contributed by atoms with van der Waals surface area (Å²) in [5.41, 5.74) is 0. The molecule has 6 atom stereocenters. The molecule has 0 aromatic rings. The first-order valence-electron chi connectivity index (χ1n) is 6.14. The van der Waals surface area contributed by atoms with Crippen molar-refractivity contribution in [3.05, 3.63) is 0 Å². The maximum atomic E-state index is 10.9. The van der Waals surface area contributed by atoms with Crippen molar-refractivity contribution in [1.29, 1.82) is 0 Å². The van der Waals surface area contributed by atoms with Gasteiger partial charge in [-0.25, -0.2) is 0 Å². The van der Waals surface area contributed by atoms with E-state index in [4.69, 9.17) is 0 Å². The number of carbonyl (C=O) groups is 1. The summed E-state index contributed by atoms with van der Waals surface area (Å²) in [4.78, 5) is 12.7. The molecule has 0 saturated carbocycles. The van der Waals surface area contributed by atoms with E-state index in [1.807, 2.05) is 0 Å². The number of nitrogens with one attached hydrogen (secondary N) is 1. The number of nitrogens with zero attached hydrogens (tertiary/aromatic N) is 1. The van der Waals surface area contributed by atoms with Gasteiger partial charge in [0.25, 0.3) is 0 Å². The van der Waals surface area contributed by atoms with Crippen molar-refractivity contribution in [1.82, 2.24) is 10.2 Å². The van der Waals surface area contributed by atoms with Gasteiger partial charge in [0, 0.05) is 19.5 Å². The highest BCUT2D eigenvalue weighted by Gasteiger charge is 2.56. The molecule has 0 bridgehead atoms. The van der Waals surface area contributed by atoms with E-state index in [9.17, 15) is 25.2 Å². The SMILES string of the molecule is CC(=O)NC[C@H]1[C@@H](O)[C@H](O)[C@@H]2[C@H](O)C[C@H](CO)N21. The number of aliphatic hydroxyl groups is 4. The van der Waals surface area contributed by atoms with Crippen molar-refractivity contribution in [2.45, 2.75) is 49.8 Å². The lowest BCUT2D eigenvalue weighted by atomic mass is 10.0. The van der Waals surface area contributed by atoms with Gasteiger partial charge in [0.2, 0.25) is 5.91 Å². The number of hydrogen-bond donors (Lipinski definition) is 5. The zero-order chi connectivity index (χ0) is 13.4. The van der Waals surface area contributed by atoms with Crippen LogP contribution in [0, 0.1) is 0 Å². The quantitative estimate of drug-likeness (QED) is 0.370. The van der Waals surface area contributed by atoms with Crippen LogP contribution in [0.3, 0.4) is 0 Å². The van der Waals surface area contributed by atoms with Gasteiger partial charge in [0.1, 0.15) is 0 Å². The lowest BCUT2D eigenvalue weighted by molar-refractivity contribution is -0.119.